The van der Waals surface area contributed by atoms with Crippen LogP contribution in [0.2, 0.25) is 0 Å². The van der Waals surface area contributed by atoms with Gasteiger partial charge in [-0.25, -0.2) is 9.37 Å². The summed E-state index contributed by atoms with van der Waals surface area (Å²) in [6, 6.07) is 4.69. The molecule has 2 unspecified atom stereocenters. The molecule has 94 valence electrons. The Hall–Kier alpha value is -0.880. The van der Waals surface area contributed by atoms with Crippen molar-refractivity contribution in [1.29, 1.82) is 0 Å². The van der Waals surface area contributed by atoms with Crippen molar-refractivity contribution < 1.29 is 9.18 Å². The monoisotopic (exact) mass is 323 g/mol. The summed E-state index contributed by atoms with van der Waals surface area (Å²) >= 11 is 3.23. The van der Waals surface area contributed by atoms with Crippen molar-refractivity contribution in [2.24, 2.45) is 5.73 Å². The topological polar surface area (TPSA) is 59.2 Å². The second-order valence-corrected chi connectivity index (χ2v) is 4.53. The van der Waals surface area contributed by atoms with Crippen LogP contribution in [0.4, 0.5) is 10.2 Å². The molecule has 1 aromatic heterocycles. The van der Waals surface area contributed by atoms with Gasteiger partial charge in [0.15, 0.2) is 0 Å². The van der Waals surface area contributed by atoms with Gasteiger partial charge in [-0.2, -0.15) is 0 Å². The number of hydrogen-bond donors (Lipinski definition) is 1. The molecule has 1 aliphatic heterocycles. The molecule has 0 bridgehead atoms. The van der Waals surface area contributed by atoms with Crippen LogP contribution in [0.1, 0.15) is 6.42 Å². The summed E-state index contributed by atoms with van der Waals surface area (Å²) < 4.78 is 13.9. The SMILES string of the molecule is Cl.NC(=O)C1CC(F)CN1c1cccc(Br)n1. The Balaban J connectivity index is 0.00000144. The molecule has 2 rings (SSSR count). The summed E-state index contributed by atoms with van der Waals surface area (Å²) in [7, 11) is 0. The number of anilines is 1. The predicted octanol–water partition coefficient (Wildman–Crippen LogP) is 1.67. The van der Waals surface area contributed by atoms with E-state index < -0.39 is 18.1 Å². The van der Waals surface area contributed by atoms with E-state index in [9.17, 15) is 9.18 Å². The van der Waals surface area contributed by atoms with Gasteiger partial charge in [-0.3, -0.25) is 4.79 Å². The third-order valence-electron chi connectivity index (χ3n) is 2.57. The number of hydrogen-bond acceptors (Lipinski definition) is 3. The predicted molar refractivity (Wildman–Crippen MR) is 69.0 cm³/mol. The van der Waals surface area contributed by atoms with Crippen LogP contribution >= 0.6 is 28.3 Å². The molecule has 1 amide bonds. The van der Waals surface area contributed by atoms with E-state index in [2.05, 4.69) is 20.9 Å². The Bertz CT molecular complexity index is 420. The van der Waals surface area contributed by atoms with Crippen molar-refractivity contribution in [1.82, 2.24) is 4.98 Å². The van der Waals surface area contributed by atoms with Gasteiger partial charge < -0.3 is 10.6 Å². The first-order valence-corrected chi connectivity index (χ1v) is 5.70. The number of pyridine rings is 1. The second kappa shape index (κ2) is 5.64. The van der Waals surface area contributed by atoms with E-state index in [0.29, 0.717) is 10.4 Å². The van der Waals surface area contributed by atoms with Gasteiger partial charge in [-0.1, -0.05) is 6.07 Å². The van der Waals surface area contributed by atoms with E-state index in [1.54, 1.807) is 23.1 Å². The lowest BCUT2D eigenvalue weighted by atomic mass is 10.2. The number of carbonyl (C=O) groups is 1. The molecule has 2 N–H and O–H groups in total. The van der Waals surface area contributed by atoms with Crippen LogP contribution in [0.25, 0.3) is 0 Å². The zero-order valence-electron chi connectivity index (χ0n) is 8.85. The number of amides is 1. The molecule has 0 aromatic carbocycles. The van der Waals surface area contributed by atoms with Crippen LogP contribution < -0.4 is 10.6 Å². The molecule has 1 aromatic rings. The Morgan fingerprint density at radius 3 is 2.88 bits per heavy atom. The molecule has 0 saturated carbocycles. The number of aromatic nitrogens is 1. The molecule has 17 heavy (non-hydrogen) atoms. The Morgan fingerprint density at radius 2 is 2.29 bits per heavy atom. The van der Waals surface area contributed by atoms with Gasteiger partial charge in [0.05, 0.1) is 6.54 Å². The van der Waals surface area contributed by atoms with Crippen molar-refractivity contribution in [3.8, 4) is 0 Å². The Morgan fingerprint density at radius 1 is 1.59 bits per heavy atom. The quantitative estimate of drug-likeness (QED) is 0.842. The third kappa shape index (κ3) is 3.07. The maximum absolute atomic E-state index is 13.3. The summed E-state index contributed by atoms with van der Waals surface area (Å²) in [4.78, 5) is 17.0. The first-order valence-electron chi connectivity index (χ1n) is 4.90. The third-order valence-corrected chi connectivity index (χ3v) is 3.01. The van der Waals surface area contributed by atoms with Gasteiger partial charge in [0.2, 0.25) is 5.91 Å². The minimum atomic E-state index is -1.03. The molecular weight excluding hydrogens is 312 g/mol. The maximum atomic E-state index is 13.3. The normalized spacial score (nSPS) is 23.3. The van der Waals surface area contributed by atoms with Gasteiger partial charge in [-0.05, 0) is 28.1 Å². The van der Waals surface area contributed by atoms with Crippen molar-refractivity contribution in [3.05, 3.63) is 22.8 Å². The fourth-order valence-corrected chi connectivity index (χ4v) is 2.20. The Kier molecular flexibility index (Phi) is 4.70. The van der Waals surface area contributed by atoms with Gasteiger partial charge in [0.25, 0.3) is 0 Å². The van der Waals surface area contributed by atoms with E-state index in [1.807, 2.05) is 0 Å². The fourth-order valence-electron chi connectivity index (χ4n) is 1.87. The lowest BCUT2D eigenvalue weighted by Gasteiger charge is -2.22. The number of halogens is 3. The highest BCUT2D eigenvalue weighted by Gasteiger charge is 2.36. The smallest absolute Gasteiger partial charge is 0.240 e. The van der Waals surface area contributed by atoms with E-state index in [1.165, 1.54) is 0 Å². The van der Waals surface area contributed by atoms with E-state index >= 15 is 0 Å². The lowest BCUT2D eigenvalue weighted by molar-refractivity contribution is -0.119. The summed E-state index contributed by atoms with van der Waals surface area (Å²) in [5.41, 5.74) is 5.24. The molecule has 0 aliphatic carbocycles. The molecule has 1 fully saturated rings. The number of primary amides is 1. The van der Waals surface area contributed by atoms with Gasteiger partial charge in [-0.15, -0.1) is 12.4 Å². The van der Waals surface area contributed by atoms with Gasteiger partial charge >= 0.3 is 0 Å². The average molecular weight is 325 g/mol. The minimum absolute atomic E-state index is 0. The fraction of sp³-hybridized carbons (Fsp3) is 0.400. The minimum Gasteiger partial charge on any atom is -0.368 e. The Labute approximate surface area is 113 Å². The number of rotatable bonds is 2. The largest absolute Gasteiger partial charge is 0.368 e. The summed E-state index contributed by atoms with van der Waals surface area (Å²) in [5, 5.41) is 0. The highest BCUT2D eigenvalue weighted by Crippen LogP contribution is 2.26. The first-order chi connectivity index (χ1) is 7.58. The number of nitrogens with zero attached hydrogens (tertiary/aromatic N) is 2. The van der Waals surface area contributed by atoms with E-state index in [0.717, 1.165) is 0 Å². The maximum Gasteiger partial charge on any atom is 0.240 e. The molecule has 2 atom stereocenters. The van der Waals surface area contributed by atoms with Crippen molar-refractivity contribution in [2.45, 2.75) is 18.6 Å². The summed E-state index contributed by atoms with van der Waals surface area (Å²) in [6.07, 6.45) is -0.887. The number of nitrogens with two attached hydrogens (primary N) is 1. The van der Waals surface area contributed by atoms with Crippen LogP contribution in [0, 0.1) is 0 Å². The molecule has 0 spiro atoms. The van der Waals surface area contributed by atoms with Crippen LogP contribution in [0.15, 0.2) is 22.8 Å². The highest BCUT2D eigenvalue weighted by atomic mass is 79.9. The molecule has 1 aliphatic rings. The van der Waals surface area contributed by atoms with Crippen molar-refractivity contribution in [3.63, 3.8) is 0 Å². The van der Waals surface area contributed by atoms with Crippen LogP contribution in [-0.4, -0.2) is 29.6 Å². The van der Waals surface area contributed by atoms with Crippen LogP contribution in [-0.2, 0) is 4.79 Å². The van der Waals surface area contributed by atoms with Crippen molar-refractivity contribution >= 4 is 40.1 Å². The average Bonchev–Trinajstić information content (AvgIpc) is 2.60. The number of alkyl halides is 1. The first kappa shape index (κ1) is 14.2. The molecule has 7 heteroatoms. The molecule has 2 heterocycles. The van der Waals surface area contributed by atoms with Crippen LogP contribution in [0.3, 0.4) is 0 Å². The van der Waals surface area contributed by atoms with Crippen molar-refractivity contribution in [2.75, 3.05) is 11.4 Å². The number of carbonyl (C=O) groups excluding carboxylic acids is 1. The van der Waals surface area contributed by atoms with E-state index in [4.69, 9.17) is 5.73 Å². The van der Waals surface area contributed by atoms with Crippen LogP contribution in [0.5, 0.6) is 0 Å². The molecule has 0 radical (unpaired) electrons. The molecule has 4 nitrogen and oxygen atoms in total. The zero-order valence-corrected chi connectivity index (χ0v) is 11.2. The summed E-state index contributed by atoms with van der Waals surface area (Å²) in [6.45, 7) is 0.164. The van der Waals surface area contributed by atoms with Gasteiger partial charge in [0.1, 0.15) is 22.6 Å². The zero-order chi connectivity index (χ0) is 11.7. The summed E-state index contributed by atoms with van der Waals surface area (Å²) in [5.74, 6) is 0.0558. The highest BCUT2D eigenvalue weighted by molar-refractivity contribution is 9.10. The van der Waals surface area contributed by atoms with Gasteiger partial charge in [0, 0.05) is 6.42 Å². The van der Waals surface area contributed by atoms with E-state index in [-0.39, 0.29) is 25.4 Å². The second-order valence-electron chi connectivity index (χ2n) is 3.72. The molecule has 1 saturated heterocycles. The molecular formula is C10H12BrClFN3O. The lowest BCUT2D eigenvalue weighted by Crippen LogP contribution is -2.40. The standard InChI is InChI=1S/C10H11BrFN3O.ClH/c11-8-2-1-3-9(14-8)15-5-6(12)4-7(15)10(13)16;/h1-3,6-7H,4-5H2,(H2,13,16);1H.